The molecule has 20 heavy (non-hydrogen) atoms. The zero-order valence-corrected chi connectivity index (χ0v) is 11.8. The van der Waals surface area contributed by atoms with Gasteiger partial charge in [-0.25, -0.2) is 13.6 Å². The van der Waals surface area contributed by atoms with Crippen molar-refractivity contribution in [2.24, 2.45) is 5.92 Å². The van der Waals surface area contributed by atoms with Gasteiger partial charge in [-0.3, -0.25) is 0 Å². The zero-order valence-electron chi connectivity index (χ0n) is 11.8. The molecule has 2 amide bonds. The lowest BCUT2D eigenvalue weighted by Crippen LogP contribution is -2.46. The second-order valence-corrected chi connectivity index (χ2v) is 5.10. The van der Waals surface area contributed by atoms with Crippen LogP contribution < -0.4 is 10.6 Å². The number of amides is 2. The van der Waals surface area contributed by atoms with E-state index in [0.717, 1.165) is 18.6 Å². The lowest BCUT2D eigenvalue weighted by atomic mass is 9.89. The molecule has 0 aliphatic rings. The molecular weight excluding hydrogens is 266 g/mol. The minimum Gasteiger partial charge on any atom is -0.388 e. The van der Waals surface area contributed by atoms with Crippen LogP contribution in [-0.4, -0.2) is 23.3 Å². The third kappa shape index (κ3) is 4.45. The molecule has 1 aromatic carbocycles. The molecule has 112 valence electrons. The highest BCUT2D eigenvalue weighted by Crippen LogP contribution is 2.19. The van der Waals surface area contributed by atoms with Crippen molar-refractivity contribution in [2.75, 3.05) is 11.9 Å². The van der Waals surface area contributed by atoms with Crippen molar-refractivity contribution in [3.8, 4) is 0 Å². The fourth-order valence-electron chi connectivity index (χ4n) is 1.62. The largest absolute Gasteiger partial charge is 0.388 e. The first-order valence-electron chi connectivity index (χ1n) is 6.48. The van der Waals surface area contributed by atoms with Crippen LogP contribution in [0.4, 0.5) is 19.3 Å². The molecular formula is C14H20F2N2O2. The van der Waals surface area contributed by atoms with E-state index in [4.69, 9.17) is 0 Å². The highest BCUT2D eigenvalue weighted by atomic mass is 19.2. The summed E-state index contributed by atoms with van der Waals surface area (Å²) in [6, 6.07) is 2.49. The van der Waals surface area contributed by atoms with Gasteiger partial charge in [-0.05, 0) is 25.0 Å². The number of halogens is 2. The van der Waals surface area contributed by atoms with Gasteiger partial charge in [-0.1, -0.05) is 20.3 Å². The number of benzene rings is 1. The summed E-state index contributed by atoms with van der Waals surface area (Å²) in [6.07, 6.45) is 0.777. The van der Waals surface area contributed by atoms with Crippen molar-refractivity contribution in [2.45, 2.75) is 32.8 Å². The molecule has 1 aromatic rings. The van der Waals surface area contributed by atoms with Crippen LogP contribution in [0.15, 0.2) is 18.2 Å². The van der Waals surface area contributed by atoms with Crippen molar-refractivity contribution in [3.63, 3.8) is 0 Å². The van der Waals surface area contributed by atoms with Gasteiger partial charge in [0.15, 0.2) is 11.6 Å². The van der Waals surface area contributed by atoms with Gasteiger partial charge in [0.2, 0.25) is 0 Å². The molecule has 0 fully saturated rings. The van der Waals surface area contributed by atoms with Crippen molar-refractivity contribution < 1.29 is 18.7 Å². The number of hydrogen-bond acceptors (Lipinski definition) is 2. The molecule has 0 heterocycles. The summed E-state index contributed by atoms with van der Waals surface area (Å²) in [5.41, 5.74) is -0.885. The van der Waals surface area contributed by atoms with Gasteiger partial charge < -0.3 is 15.7 Å². The van der Waals surface area contributed by atoms with Crippen molar-refractivity contribution in [3.05, 3.63) is 29.8 Å². The van der Waals surface area contributed by atoms with E-state index in [2.05, 4.69) is 10.6 Å². The highest BCUT2D eigenvalue weighted by Gasteiger charge is 2.27. The maximum atomic E-state index is 13.0. The number of anilines is 1. The first-order valence-corrected chi connectivity index (χ1v) is 6.48. The van der Waals surface area contributed by atoms with Gasteiger partial charge in [0.25, 0.3) is 0 Å². The normalized spacial score (nSPS) is 15.3. The number of carbonyl (C=O) groups is 1. The summed E-state index contributed by atoms with van der Waals surface area (Å²) in [7, 11) is 0. The highest BCUT2D eigenvalue weighted by molar-refractivity contribution is 5.89. The molecule has 2 atom stereocenters. The summed E-state index contributed by atoms with van der Waals surface area (Å²) in [5.74, 6) is -1.99. The first kappa shape index (κ1) is 16.4. The summed E-state index contributed by atoms with van der Waals surface area (Å²) in [5, 5.41) is 15.0. The number of urea groups is 1. The van der Waals surface area contributed by atoms with Gasteiger partial charge in [-0.15, -0.1) is 0 Å². The smallest absolute Gasteiger partial charge is 0.319 e. The van der Waals surface area contributed by atoms with Crippen LogP contribution in [-0.2, 0) is 0 Å². The average Bonchev–Trinajstić information content (AvgIpc) is 2.40. The molecule has 0 saturated heterocycles. The zero-order chi connectivity index (χ0) is 15.3. The number of nitrogens with one attached hydrogen (secondary N) is 2. The second-order valence-electron chi connectivity index (χ2n) is 5.10. The van der Waals surface area contributed by atoms with E-state index in [1.165, 1.54) is 6.07 Å². The van der Waals surface area contributed by atoms with Crippen LogP contribution in [0.3, 0.4) is 0 Å². The van der Waals surface area contributed by atoms with E-state index in [9.17, 15) is 18.7 Å². The van der Waals surface area contributed by atoms with E-state index < -0.39 is 23.3 Å². The van der Waals surface area contributed by atoms with Crippen LogP contribution >= 0.6 is 0 Å². The Bertz CT molecular complexity index is 478. The SMILES string of the molecule is CCC(C)C(C)(O)CNC(=O)Nc1ccc(F)c(F)c1. The summed E-state index contributed by atoms with van der Waals surface area (Å²) < 4.78 is 25.7. The Morgan fingerprint density at radius 1 is 1.40 bits per heavy atom. The number of carbonyl (C=O) groups excluding carboxylic acids is 1. The van der Waals surface area contributed by atoms with E-state index in [0.29, 0.717) is 0 Å². The Labute approximate surface area is 117 Å². The Kier molecular flexibility index (Phi) is 5.44. The fraction of sp³-hybridized carbons (Fsp3) is 0.500. The molecule has 0 aromatic heterocycles. The summed E-state index contributed by atoms with van der Waals surface area (Å²) >= 11 is 0. The lowest BCUT2D eigenvalue weighted by Gasteiger charge is -2.29. The Morgan fingerprint density at radius 2 is 2.05 bits per heavy atom. The minimum atomic E-state index is -1.03. The number of hydrogen-bond donors (Lipinski definition) is 3. The Hall–Kier alpha value is -1.69. The molecule has 0 bridgehead atoms. The van der Waals surface area contributed by atoms with Crippen LogP contribution in [0.1, 0.15) is 27.2 Å². The third-order valence-electron chi connectivity index (χ3n) is 3.46. The van der Waals surface area contributed by atoms with Crippen LogP contribution in [0.2, 0.25) is 0 Å². The Balaban J connectivity index is 2.54. The quantitative estimate of drug-likeness (QED) is 0.779. The molecule has 1 rings (SSSR count). The topological polar surface area (TPSA) is 61.4 Å². The molecule has 0 saturated carbocycles. The van der Waals surface area contributed by atoms with Gasteiger partial charge in [0, 0.05) is 18.3 Å². The monoisotopic (exact) mass is 286 g/mol. The number of aliphatic hydroxyl groups is 1. The summed E-state index contributed by atoms with van der Waals surface area (Å²) in [6.45, 7) is 5.53. The standard InChI is InChI=1S/C14H20F2N2O2/c1-4-9(2)14(3,20)8-17-13(19)18-10-5-6-11(15)12(16)7-10/h5-7,9,20H,4,8H2,1-3H3,(H2,17,18,19). The molecule has 6 heteroatoms. The van der Waals surface area contributed by atoms with Crippen molar-refractivity contribution >= 4 is 11.7 Å². The number of rotatable bonds is 5. The second kappa shape index (κ2) is 6.65. The van der Waals surface area contributed by atoms with Crippen LogP contribution in [0.25, 0.3) is 0 Å². The summed E-state index contributed by atoms with van der Waals surface area (Å²) in [4.78, 5) is 11.6. The van der Waals surface area contributed by atoms with E-state index >= 15 is 0 Å². The fourth-order valence-corrected chi connectivity index (χ4v) is 1.62. The predicted octanol–water partition coefficient (Wildman–Crippen LogP) is 2.88. The van der Waals surface area contributed by atoms with Crippen molar-refractivity contribution in [1.29, 1.82) is 0 Å². The van der Waals surface area contributed by atoms with Crippen molar-refractivity contribution in [1.82, 2.24) is 5.32 Å². The molecule has 4 nitrogen and oxygen atoms in total. The third-order valence-corrected chi connectivity index (χ3v) is 3.46. The molecule has 0 aliphatic heterocycles. The minimum absolute atomic E-state index is 0.0195. The predicted molar refractivity (Wildman–Crippen MR) is 73.5 cm³/mol. The van der Waals surface area contributed by atoms with Crippen LogP contribution in [0, 0.1) is 17.6 Å². The van der Waals surface area contributed by atoms with E-state index in [1.54, 1.807) is 6.92 Å². The molecule has 0 radical (unpaired) electrons. The molecule has 2 unspecified atom stereocenters. The molecule has 0 aliphatic carbocycles. The van der Waals surface area contributed by atoms with Gasteiger partial charge in [0.05, 0.1) is 5.60 Å². The maximum Gasteiger partial charge on any atom is 0.319 e. The van der Waals surface area contributed by atoms with Gasteiger partial charge in [-0.2, -0.15) is 0 Å². The van der Waals surface area contributed by atoms with E-state index in [1.807, 2.05) is 13.8 Å². The first-order chi connectivity index (χ1) is 9.26. The molecule has 0 spiro atoms. The maximum absolute atomic E-state index is 13.0. The van der Waals surface area contributed by atoms with Gasteiger partial charge in [0.1, 0.15) is 0 Å². The van der Waals surface area contributed by atoms with Crippen LogP contribution in [0.5, 0.6) is 0 Å². The molecule has 3 N–H and O–H groups in total. The Morgan fingerprint density at radius 3 is 2.60 bits per heavy atom. The van der Waals surface area contributed by atoms with E-state index in [-0.39, 0.29) is 18.2 Å². The lowest BCUT2D eigenvalue weighted by molar-refractivity contribution is 0.00827. The van der Waals surface area contributed by atoms with Gasteiger partial charge >= 0.3 is 6.03 Å². The average molecular weight is 286 g/mol.